The smallest absolute Gasteiger partial charge is 0.307 e. The van der Waals surface area contributed by atoms with Crippen LogP contribution < -0.4 is 0 Å². The topological polar surface area (TPSA) is 30.4 Å². The molecule has 0 saturated heterocycles. The third-order valence-electron chi connectivity index (χ3n) is 2.40. The number of rotatable bonds is 1. The number of benzene rings is 1. The number of nitrogens with zero attached hydrogens (tertiary/aromatic N) is 2. The molecule has 0 bridgehead atoms. The zero-order chi connectivity index (χ0) is 12.0. The Morgan fingerprint density at radius 2 is 2.06 bits per heavy atom. The summed E-state index contributed by atoms with van der Waals surface area (Å²) in [6.07, 6.45) is 3.23. The van der Waals surface area contributed by atoms with Crippen LogP contribution in [0.15, 0.2) is 35.1 Å². The summed E-state index contributed by atoms with van der Waals surface area (Å²) in [6, 6.07) is 3.70. The first-order chi connectivity index (χ1) is 8.16. The molecule has 3 rings (SSSR count). The Bertz CT molecular complexity index is 705. The summed E-state index contributed by atoms with van der Waals surface area (Å²) in [5.74, 6) is -1.33. The van der Waals surface area contributed by atoms with Crippen molar-refractivity contribution in [2.75, 3.05) is 0 Å². The summed E-state index contributed by atoms with van der Waals surface area (Å²) in [7, 11) is 0. The van der Waals surface area contributed by atoms with Crippen LogP contribution >= 0.6 is 22.6 Å². The fraction of sp³-hybridized carbons (Fsp3) is 0. The molecule has 0 aliphatic rings. The van der Waals surface area contributed by atoms with E-state index in [1.807, 2.05) is 0 Å². The van der Waals surface area contributed by atoms with E-state index in [4.69, 9.17) is 4.42 Å². The lowest BCUT2D eigenvalue weighted by atomic mass is 10.1. The molecule has 0 aliphatic carbocycles. The Hall–Kier alpha value is -1.44. The molecule has 0 saturated carbocycles. The van der Waals surface area contributed by atoms with Crippen molar-refractivity contribution in [2.45, 2.75) is 0 Å². The van der Waals surface area contributed by atoms with Gasteiger partial charge in [0, 0.05) is 11.8 Å². The van der Waals surface area contributed by atoms with Gasteiger partial charge in [0.1, 0.15) is 15.7 Å². The van der Waals surface area contributed by atoms with E-state index in [0.29, 0.717) is 17.1 Å². The van der Waals surface area contributed by atoms with E-state index >= 15 is 0 Å². The third kappa shape index (κ3) is 1.63. The second-order valence-electron chi connectivity index (χ2n) is 3.44. The number of aromatic nitrogens is 2. The second-order valence-corrected chi connectivity index (χ2v) is 4.46. The molecule has 0 aliphatic heterocycles. The van der Waals surface area contributed by atoms with Gasteiger partial charge in [0.25, 0.3) is 0 Å². The van der Waals surface area contributed by atoms with Crippen LogP contribution in [-0.2, 0) is 0 Å². The lowest BCUT2D eigenvalue weighted by molar-refractivity contribution is 0.509. The van der Waals surface area contributed by atoms with E-state index in [9.17, 15) is 8.78 Å². The first-order valence-electron chi connectivity index (χ1n) is 4.73. The SMILES string of the molecule is Fc1ccc(-c2nc3occn3c2I)cc1F. The van der Waals surface area contributed by atoms with Crippen LogP contribution in [0.4, 0.5) is 8.78 Å². The fourth-order valence-corrected chi connectivity index (χ4v) is 2.38. The van der Waals surface area contributed by atoms with E-state index < -0.39 is 11.6 Å². The number of imidazole rings is 1. The molecule has 0 spiro atoms. The van der Waals surface area contributed by atoms with Crippen LogP contribution in [-0.4, -0.2) is 9.38 Å². The van der Waals surface area contributed by atoms with Crippen molar-refractivity contribution in [3.05, 3.63) is 46.0 Å². The third-order valence-corrected chi connectivity index (χ3v) is 3.43. The molecule has 17 heavy (non-hydrogen) atoms. The molecule has 6 heteroatoms. The van der Waals surface area contributed by atoms with Crippen LogP contribution in [0.1, 0.15) is 0 Å². The summed E-state index contributed by atoms with van der Waals surface area (Å²) in [4.78, 5) is 4.21. The molecule has 86 valence electrons. The average molecular weight is 346 g/mol. The maximum atomic E-state index is 13.1. The minimum Gasteiger partial charge on any atom is -0.432 e. The molecule has 0 atom stereocenters. The Balaban J connectivity index is 2.22. The van der Waals surface area contributed by atoms with Gasteiger partial charge in [-0.2, -0.15) is 4.98 Å². The number of oxazole rings is 1. The van der Waals surface area contributed by atoms with Crippen LogP contribution in [0.5, 0.6) is 0 Å². The van der Waals surface area contributed by atoms with Crippen LogP contribution in [0.2, 0.25) is 0 Å². The molecular formula is C11H5F2IN2O. The second kappa shape index (κ2) is 3.80. The van der Waals surface area contributed by atoms with Gasteiger partial charge in [0.2, 0.25) is 0 Å². The van der Waals surface area contributed by atoms with Crippen molar-refractivity contribution < 1.29 is 13.2 Å². The summed E-state index contributed by atoms with van der Waals surface area (Å²) in [5.41, 5.74) is 1.09. The summed E-state index contributed by atoms with van der Waals surface area (Å²) in [6.45, 7) is 0. The van der Waals surface area contributed by atoms with Crippen molar-refractivity contribution in [1.29, 1.82) is 0 Å². The minimum absolute atomic E-state index is 0.425. The van der Waals surface area contributed by atoms with E-state index in [0.717, 1.165) is 15.8 Å². The van der Waals surface area contributed by atoms with E-state index in [-0.39, 0.29) is 0 Å². The molecule has 0 unspecified atom stereocenters. The number of fused-ring (bicyclic) bond motifs is 1. The maximum absolute atomic E-state index is 13.1. The van der Waals surface area contributed by atoms with Gasteiger partial charge in [0.15, 0.2) is 11.6 Å². The van der Waals surface area contributed by atoms with Crippen molar-refractivity contribution >= 4 is 28.4 Å². The summed E-state index contributed by atoms with van der Waals surface area (Å²) in [5, 5.41) is 0. The van der Waals surface area contributed by atoms with Crippen molar-refractivity contribution in [3.8, 4) is 11.3 Å². The van der Waals surface area contributed by atoms with Crippen LogP contribution in [0.25, 0.3) is 17.1 Å². The largest absolute Gasteiger partial charge is 0.432 e. The zero-order valence-electron chi connectivity index (χ0n) is 8.32. The standard InChI is InChI=1S/C11H5F2IN2O/c12-7-2-1-6(5-8(7)13)9-10(14)16-3-4-17-11(16)15-9/h1-5H. The quantitative estimate of drug-likeness (QED) is 0.632. The highest BCUT2D eigenvalue weighted by Gasteiger charge is 2.14. The maximum Gasteiger partial charge on any atom is 0.307 e. The Morgan fingerprint density at radius 3 is 2.76 bits per heavy atom. The first kappa shape index (κ1) is 10.7. The molecule has 3 nitrogen and oxygen atoms in total. The van der Waals surface area contributed by atoms with Crippen molar-refractivity contribution in [3.63, 3.8) is 0 Å². The van der Waals surface area contributed by atoms with E-state index in [2.05, 4.69) is 27.6 Å². The average Bonchev–Trinajstić information content (AvgIpc) is 2.86. The van der Waals surface area contributed by atoms with Gasteiger partial charge in [-0.25, -0.2) is 8.78 Å². The molecule has 1 aromatic carbocycles. The Kier molecular flexibility index (Phi) is 2.39. The van der Waals surface area contributed by atoms with Gasteiger partial charge in [-0.3, -0.25) is 4.40 Å². The van der Waals surface area contributed by atoms with E-state index in [1.165, 1.54) is 12.3 Å². The summed E-state index contributed by atoms with van der Waals surface area (Å²) >= 11 is 2.08. The molecule has 3 aromatic rings. The van der Waals surface area contributed by atoms with Gasteiger partial charge in [0.05, 0.1) is 0 Å². The van der Waals surface area contributed by atoms with Gasteiger partial charge in [-0.15, -0.1) is 0 Å². The lowest BCUT2D eigenvalue weighted by Crippen LogP contribution is -1.88. The summed E-state index contributed by atoms with van der Waals surface area (Å²) < 4.78 is 33.6. The minimum atomic E-state index is -0.886. The predicted molar refractivity (Wildman–Crippen MR) is 65.5 cm³/mol. The number of hydrogen-bond donors (Lipinski definition) is 0. The first-order valence-corrected chi connectivity index (χ1v) is 5.81. The monoisotopic (exact) mass is 346 g/mol. The highest BCUT2D eigenvalue weighted by atomic mass is 127. The number of halogens is 3. The molecular weight excluding hydrogens is 341 g/mol. The zero-order valence-corrected chi connectivity index (χ0v) is 10.5. The van der Waals surface area contributed by atoms with Gasteiger partial charge >= 0.3 is 5.84 Å². The van der Waals surface area contributed by atoms with Crippen LogP contribution in [0.3, 0.4) is 0 Å². The van der Waals surface area contributed by atoms with Crippen LogP contribution in [0, 0.1) is 15.3 Å². The van der Waals surface area contributed by atoms with Gasteiger partial charge < -0.3 is 4.42 Å². The molecule has 0 amide bonds. The molecule has 2 heterocycles. The Labute approximate surface area is 108 Å². The Morgan fingerprint density at radius 1 is 1.24 bits per heavy atom. The normalized spacial score (nSPS) is 11.2. The van der Waals surface area contributed by atoms with E-state index in [1.54, 1.807) is 10.6 Å². The molecule has 2 aromatic heterocycles. The van der Waals surface area contributed by atoms with Crippen molar-refractivity contribution in [1.82, 2.24) is 9.38 Å². The molecule has 0 fully saturated rings. The number of hydrogen-bond acceptors (Lipinski definition) is 2. The highest BCUT2D eigenvalue weighted by molar-refractivity contribution is 14.1. The lowest BCUT2D eigenvalue weighted by Gasteiger charge is -1.99. The van der Waals surface area contributed by atoms with Gasteiger partial charge in [-0.1, -0.05) is 0 Å². The van der Waals surface area contributed by atoms with Gasteiger partial charge in [-0.05, 0) is 40.8 Å². The fourth-order valence-electron chi connectivity index (χ4n) is 1.59. The molecule has 0 N–H and O–H groups in total. The predicted octanol–water partition coefficient (Wildman–Crippen LogP) is 3.48. The molecule has 0 radical (unpaired) electrons. The van der Waals surface area contributed by atoms with Crippen molar-refractivity contribution in [2.24, 2.45) is 0 Å². The highest BCUT2D eigenvalue weighted by Crippen LogP contribution is 2.27.